The molecule has 1 fully saturated rings. The van der Waals surface area contributed by atoms with Gasteiger partial charge in [-0.25, -0.2) is 4.98 Å². The molecule has 0 atom stereocenters. The lowest BCUT2D eigenvalue weighted by atomic mass is 10.1. The number of thiazole rings is 1. The Kier molecular flexibility index (Phi) is 6.13. The molecule has 29 heavy (non-hydrogen) atoms. The van der Waals surface area contributed by atoms with Crippen molar-refractivity contribution in [1.82, 2.24) is 9.88 Å². The van der Waals surface area contributed by atoms with Gasteiger partial charge in [-0.3, -0.25) is 4.79 Å². The average molecular weight is 428 g/mol. The van der Waals surface area contributed by atoms with E-state index in [9.17, 15) is 4.79 Å². The molecule has 0 aliphatic carbocycles. The van der Waals surface area contributed by atoms with Crippen LogP contribution >= 0.6 is 22.9 Å². The number of hydrogen-bond donors (Lipinski definition) is 0. The molecule has 5 nitrogen and oxygen atoms in total. The number of carbonyl (C=O) groups excluding carboxylic acids is 1. The molecule has 2 aromatic carbocycles. The molecule has 7 heteroatoms. The lowest BCUT2D eigenvalue weighted by molar-refractivity contribution is 0.0780. The van der Waals surface area contributed by atoms with E-state index in [1.54, 1.807) is 17.3 Å². The number of benzene rings is 2. The van der Waals surface area contributed by atoms with Gasteiger partial charge in [-0.1, -0.05) is 35.9 Å². The fourth-order valence-corrected chi connectivity index (χ4v) is 4.28. The molecule has 0 bridgehead atoms. The summed E-state index contributed by atoms with van der Waals surface area (Å²) in [6.45, 7) is 3.90. The van der Waals surface area contributed by atoms with Crippen LogP contribution in [0.25, 0.3) is 10.6 Å². The molecule has 3 aromatic rings. The smallest absolute Gasteiger partial charge is 0.273 e. The largest absolute Gasteiger partial charge is 0.378 e. The van der Waals surface area contributed by atoms with Crippen molar-refractivity contribution in [2.24, 2.45) is 0 Å². The van der Waals surface area contributed by atoms with Gasteiger partial charge >= 0.3 is 0 Å². The molecule has 0 spiro atoms. The summed E-state index contributed by atoms with van der Waals surface area (Å²) in [5, 5.41) is 3.25. The highest BCUT2D eigenvalue weighted by Crippen LogP contribution is 2.26. The Bertz CT molecular complexity index is 984. The van der Waals surface area contributed by atoms with Crippen LogP contribution in [0.1, 0.15) is 16.1 Å². The van der Waals surface area contributed by atoms with Gasteiger partial charge in [0.05, 0.1) is 13.2 Å². The number of carbonyl (C=O) groups is 1. The number of ether oxygens (including phenoxy) is 1. The predicted molar refractivity (Wildman–Crippen MR) is 118 cm³/mol. The fourth-order valence-electron chi connectivity index (χ4n) is 3.30. The second-order valence-corrected chi connectivity index (χ2v) is 8.27. The molecular formula is C22H22ClN3O2S. The zero-order valence-electron chi connectivity index (χ0n) is 16.2. The first-order valence-electron chi connectivity index (χ1n) is 9.49. The maximum Gasteiger partial charge on any atom is 0.273 e. The number of rotatable bonds is 5. The zero-order chi connectivity index (χ0) is 20.2. The van der Waals surface area contributed by atoms with Gasteiger partial charge in [0, 0.05) is 48.3 Å². The van der Waals surface area contributed by atoms with Crippen molar-refractivity contribution >= 4 is 34.5 Å². The molecule has 1 saturated heterocycles. The van der Waals surface area contributed by atoms with Crippen molar-refractivity contribution in [1.29, 1.82) is 0 Å². The lowest BCUT2D eigenvalue weighted by Gasteiger charge is -2.29. The summed E-state index contributed by atoms with van der Waals surface area (Å²) in [6.07, 6.45) is 0. The number of morpholine rings is 1. The van der Waals surface area contributed by atoms with Gasteiger partial charge in [0.25, 0.3) is 5.91 Å². The minimum atomic E-state index is -0.0909. The van der Waals surface area contributed by atoms with E-state index in [4.69, 9.17) is 16.3 Å². The fraction of sp³-hybridized carbons (Fsp3) is 0.273. The first-order chi connectivity index (χ1) is 14.1. The summed E-state index contributed by atoms with van der Waals surface area (Å²) < 4.78 is 5.40. The van der Waals surface area contributed by atoms with Gasteiger partial charge in [-0.05, 0) is 29.8 Å². The highest BCUT2D eigenvalue weighted by atomic mass is 35.5. The maximum atomic E-state index is 12.8. The van der Waals surface area contributed by atoms with Gasteiger partial charge in [-0.2, -0.15) is 0 Å². The molecule has 0 unspecified atom stereocenters. The molecule has 1 aliphatic heterocycles. The van der Waals surface area contributed by atoms with Crippen LogP contribution in [0, 0.1) is 0 Å². The van der Waals surface area contributed by atoms with Crippen LogP contribution in [0.2, 0.25) is 5.02 Å². The van der Waals surface area contributed by atoms with E-state index in [1.807, 2.05) is 24.3 Å². The highest BCUT2D eigenvalue weighted by molar-refractivity contribution is 7.13. The van der Waals surface area contributed by atoms with Crippen molar-refractivity contribution in [2.45, 2.75) is 6.54 Å². The number of nitrogens with zero attached hydrogens (tertiary/aromatic N) is 3. The summed E-state index contributed by atoms with van der Waals surface area (Å²) in [4.78, 5) is 21.3. The number of amides is 1. The van der Waals surface area contributed by atoms with E-state index in [1.165, 1.54) is 17.0 Å². The summed E-state index contributed by atoms with van der Waals surface area (Å²) in [7, 11) is 1.80. The molecule has 1 amide bonds. The third-order valence-corrected chi connectivity index (χ3v) is 6.00. The Morgan fingerprint density at radius 1 is 1.21 bits per heavy atom. The Morgan fingerprint density at radius 3 is 2.69 bits per heavy atom. The van der Waals surface area contributed by atoms with E-state index >= 15 is 0 Å². The van der Waals surface area contributed by atoms with Gasteiger partial charge in [0.2, 0.25) is 0 Å². The molecule has 4 rings (SSSR count). The van der Waals surface area contributed by atoms with Gasteiger partial charge in [-0.15, -0.1) is 11.3 Å². The van der Waals surface area contributed by atoms with Crippen molar-refractivity contribution in [3.63, 3.8) is 0 Å². The maximum absolute atomic E-state index is 12.8. The minimum absolute atomic E-state index is 0.0909. The average Bonchev–Trinajstić information content (AvgIpc) is 3.25. The first-order valence-corrected chi connectivity index (χ1v) is 10.7. The van der Waals surface area contributed by atoms with E-state index in [2.05, 4.69) is 34.1 Å². The van der Waals surface area contributed by atoms with E-state index in [0.717, 1.165) is 42.4 Å². The summed E-state index contributed by atoms with van der Waals surface area (Å²) in [5.41, 5.74) is 3.65. The van der Waals surface area contributed by atoms with Crippen LogP contribution in [0.5, 0.6) is 0 Å². The molecule has 1 aromatic heterocycles. The Labute approximate surface area is 179 Å². The number of aromatic nitrogens is 1. The van der Waals surface area contributed by atoms with Crippen molar-refractivity contribution in [3.05, 3.63) is 70.2 Å². The third-order valence-electron chi connectivity index (χ3n) is 4.87. The lowest BCUT2D eigenvalue weighted by Crippen LogP contribution is -2.36. The topological polar surface area (TPSA) is 45.7 Å². The summed E-state index contributed by atoms with van der Waals surface area (Å²) in [6, 6.07) is 15.9. The van der Waals surface area contributed by atoms with Gasteiger partial charge in [0.15, 0.2) is 0 Å². The Balaban J connectivity index is 1.40. The van der Waals surface area contributed by atoms with Crippen LogP contribution in [0.15, 0.2) is 53.9 Å². The Hall–Kier alpha value is -2.41. The van der Waals surface area contributed by atoms with E-state index < -0.39 is 0 Å². The van der Waals surface area contributed by atoms with E-state index in [-0.39, 0.29) is 5.91 Å². The molecule has 0 saturated carbocycles. The van der Waals surface area contributed by atoms with Crippen molar-refractivity contribution < 1.29 is 9.53 Å². The molecule has 0 N–H and O–H groups in total. The van der Waals surface area contributed by atoms with Crippen molar-refractivity contribution in [2.75, 3.05) is 38.3 Å². The molecule has 1 aliphatic rings. The predicted octanol–water partition coefficient (Wildman–Crippen LogP) is 4.57. The highest BCUT2D eigenvalue weighted by Gasteiger charge is 2.17. The summed E-state index contributed by atoms with van der Waals surface area (Å²) >= 11 is 7.51. The summed E-state index contributed by atoms with van der Waals surface area (Å²) in [5.74, 6) is -0.0909. The van der Waals surface area contributed by atoms with Crippen LogP contribution in [0.4, 0.5) is 5.69 Å². The second kappa shape index (κ2) is 8.95. The van der Waals surface area contributed by atoms with Gasteiger partial charge < -0.3 is 14.5 Å². The molecule has 2 heterocycles. The van der Waals surface area contributed by atoms with Crippen LogP contribution in [-0.2, 0) is 11.3 Å². The molecule has 0 radical (unpaired) electrons. The monoisotopic (exact) mass is 427 g/mol. The van der Waals surface area contributed by atoms with Crippen LogP contribution in [0.3, 0.4) is 0 Å². The second-order valence-electron chi connectivity index (χ2n) is 6.98. The van der Waals surface area contributed by atoms with Gasteiger partial charge in [0.1, 0.15) is 10.7 Å². The van der Waals surface area contributed by atoms with Crippen LogP contribution in [-0.4, -0.2) is 49.1 Å². The molecular weight excluding hydrogens is 406 g/mol. The number of hydrogen-bond acceptors (Lipinski definition) is 5. The van der Waals surface area contributed by atoms with E-state index in [0.29, 0.717) is 17.3 Å². The zero-order valence-corrected chi connectivity index (χ0v) is 17.7. The number of halogens is 1. The normalized spacial score (nSPS) is 14.1. The number of anilines is 1. The Morgan fingerprint density at radius 2 is 1.97 bits per heavy atom. The van der Waals surface area contributed by atoms with Crippen LogP contribution < -0.4 is 4.90 Å². The standard InChI is InChI=1S/C22H22ClN3O2S/c1-25(14-16-5-7-19(8-6-16)26-9-11-28-12-10-26)22(27)20-15-29-21(24-20)17-3-2-4-18(23)13-17/h2-8,13,15H,9-12,14H2,1H3. The van der Waals surface area contributed by atoms with Crippen molar-refractivity contribution in [3.8, 4) is 10.6 Å². The third kappa shape index (κ3) is 4.78. The molecule has 150 valence electrons. The SMILES string of the molecule is CN(Cc1ccc(N2CCOCC2)cc1)C(=O)c1csc(-c2cccc(Cl)c2)n1. The minimum Gasteiger partial charge on any atom is -0.378 e. The first kappa shape index (κ1) is 19.9. The quantitative estimate of drug-likeness (QED) is 0.598.